The molecule has 9 heteroatoms. The lowest BCUT2D eigenvalue weighted by Gasteiger charge is -2.16. The van der Waals surface area contributed by atoms with Crippen molar-refractivity contribution in [1.29, 1.82) is 0 Å². The molecule has 0 aliphatic carbocycles. The Morgan fingerprint density at radius 3 is 2.82 bits per heavy atom. The van der Waals surface area contributed by atoms with Gasteiger partial charge in [-0.1, -0.05) is 0 Å². The summed E-state index contributed by atoms with van der Waals surface area (Å²) < 4.78 is 6.27. The third kappa shape index (κ3) is 2.16. The third-order valence-corrected chi connectivity index (χ3v) is 2.56. The molecule has 0 aromatic carbocycles. The van der Waals surface area contributed by atoms with Crippen molar-refractivity contribution in [1.82, 2.24) is 14.5 Å². The largest absolute Gasteiger partial charge is 0.394 e. The molecule has 2 rings (SSSR count). The fraction of sp³-hybridized carbons (Fsp3) is 0.625. The number of nitrogen functional groups attached to an aromatic ring is 1. The van der Waals surface area contributed by atoms with Crippen LogP contribution < -0.4 is 17.1 Å². The van der Waals surface area contributed by atoms with E-state index in [0.717, 1.165) is 4.57 Å². The van der Waals surface area contributed by atoms with Gasteiger partial charge in [0.05, 0.1) is 18.4 Å². The maximum absolute atomic E-state index is 11.6. The average molecular weight is 238 g/mol. The number of aliphatic hydroxyl groups is 2. The number of nitrogens with two attached hydrogens (primary N) is 1. The Labute approximate surface area is 97.5 Å². The Hall–Kier alpha value is -1.45. The zero-order chi connectivity index (χ0) is 12.6. The summed E-state index contributed by atoms with van der Waals surface area (Å²) in [7, 11) is 5.54. The van der Waals surface area contributed by atoms with Gasteiger partial charge in [-0.05, 0) is 0 Å². The van der Waals surface area contributed by atoms with E-state index in [-0.39, 0.29) is 24.7 Å². The maximum atomic E-state index is 11.6. The topological polar surface area (TPSA) is 123 Å². The summed E-state index contributed by atoms with van der Waals surface area (Å²) in [6, 6.07) is 0. The van der Waals surface area contributed by atoms with E-state index >= 15 is 0 Å². The van der Waals surface area contributed by atoms with Crippen molar-refractivity contribution in [3.05, 3.63) is 10.5 Å². The molecule has 8 nitrogen and oxygen atoms in total. The molecule has 2 heterocycles. The molecule has 1 aliphatic rings. The minimum absolute atomic E-state index is 0.128. The molecule has 1 saturated heterocycles. The first-order valence-corrected chi connectivity index (χ1v) is 4.99. The predicted octanol–water partition coefficient (Wildman–Crippen LogP) is -3.34. The Balaban J connectivity index is 2.34. The lowest BCUT2D eigenvalue weighted by Crippen LogP contribution is -2.41. The highest BCUT2D eigenvalue weighted by Gasteiger charge is 2.35. The molecule has 1 aromatic rings. The van der Waals surface area contributed by atoms with Crippen molar-refractivity contribution < 1.29 is 14.9 Å². The molecule has 3 atom stereocenters. The number of anilines is 1. The van der Waals surface area contributed by atoms with Gasteiger partial charge in [0.25, 0.3) is 0 Å². The second kappa shape index (κ2) is 4.44. The molecule has 2 radical (unpaired) electrons. The molecule has 1 aromatic heterocycles. The number of aromatic nitrogens is 3. The lowest BCUT2D eigenvalue weighted by molar-refractivity contribution is -0.0450. The molecule has 0 spiro atoms. The number of nitrogens with zero attached hydrogens (tertiary/aromatic N) is 3. The van der Waals surface area contributed by atoms with Gasteiger partial charge < -0.3 is 20.7 Å². The van der Waals surface area contributed by atoms with Crippen LogP contribution >= 0.6 is 0 Å². The summed E-state index contributed by atoms with van der Waals surface area (Å²) >= 11 is 0. The summed E-state index contributed by atoms with van der Waals surface area (Å²) in [4.78, 5) is 18.6. The van der Waals surface area contributed by atoms with Crippen molar-refractivity contribution in [3.63, 3.8) is 0 Å². The van der Waals surface area contributed by atoms with Crippen molar-refractivity contribution in [2.45, 2.75) is 24.9 Å². The van der Waals surface area contributed by atoms with Gasteiger partial charge in [0.2, 0.25) is 5.95 Å². The van der Waals surface area contributed by atoms with Gasteiger partial charge in [-0.2, -0.15) is 4.98 Å². The van der Waals surface area contributed by atoms with Crippen LogP contribution in [0.3, 0.4) is 0 Å². The molecule has 17 heavy (non-hydrogen) atoms. The molecule has 1 aliphatic heterocycles. The minimum Gasteiger partial charge on any atom is -0.394 e. The molecular weight excluding hydrogens is 227 g/mol. The molecule has 0 bridgehead atoms. The van der Waals surface area contributed by atoms with Gasteiger partial charge in [-0.15, -0.1) is 0 Å². The van der Waals surface area contributed by atoms with Crippen LogP contribution in [-0.2, 0) is 4.74 Å². The molecule has 90 valence electrons. The number of rotatable bonds is 2. The second-order valence-electron chi connectivity index (χ2n) is 3.71. The smallest absolute Gasteiger partial charge is 0.353 e. The lowest BCUT2D eigenvalue weighted by atomic mass is 10.1. The van der Waals surface area contributed by atoms with Crippen LogP contribution in [0.4, 0.5) is 5.95 Å². The van der Waals surface area contributed by atoms with E-state index < -0.39 is 24.1 Å². The van der Waals surface area contributed by atoms with E-state index in [2.05, 4.69) is 9.97 Å². The van der Waals surface area contributed by atoms with Crippen LogP contribution in [0.5, 0.6) is 0 Å². The average Bonchev–Trinajstić information content (AvgIpc) is 2.57. The van der Waals surface area contributed by atoms with Gasteiger partial charge in [0, 0.05) is 6.42 Å². The molecule has 1 fully saturated rings. The molecule has 4 N–H and O–H groups in total. The Morgan fingerprint density at radius 1 is 1.59 bits per heavy atom. The number of aliphatic hydroxyl groups excluding tert-OH is 2. The predicted molar refractivity (Wildman–Crippen MR) is 57.7 cm³/mol. The van der Waals surface area contributed by atoms with Crippen LogP contribution in [0, 0.1) is 0 Å². The highest BCUT2D eigenvalue weighted by Crippen LogP contribution is 2.26. The zero-order valence-electron chi connectivity index (χ0n) is 8.85. The van der Waals surface area contributed by atoms with E-state index in [1.807, 2.05) is 0 Å². The van der Waals surface area contributed by atoms with E-state index in [0.29, 0.717) is 0 Å². The normalized spacial score (nSPS) is 28.5. The maximum Gasteiger partial charge on any atom is 0.353 e. The Bertz CT molecular complexity index is 479. The fourth-order valence-corrected chi connectivity index (χ4v) is 1.75. The van der Waals surface area contributed by atoms with Crippen LogP contribution in [0.25, 0.3) is 0 Å². The first-order valence-electron chi connectivity index (χ1n) is 4.99. The third-order valence-electron chi connectivity index (χ3n) is 2.56. The monoisotopic (exact) mass is 238 g/mol. The van der Waals surface area contributed by atoms with Gasteiger partial charge in [0.15, 0.2) is 7.85 Å². The molecule has 0 saturated carbocycles. The molecular formula is C8H11BN4O4. The van der Waals surface area contributed by atoms with E-state index in [1.165, 1.54) is 0 Å². The summed E-state index contributed by atoms with van der Waals surface area (Å²) in [5.74, 6) is -0.221. The van der Waals surface area contributed by atoms with Crippen molar-refractivity contribution in [2.75, 3.05) is 12.3 Å². The summed E-state index contributed by atoms with van der Waals surface area (Å²) in [6.45, 7) is -0.345. The van der Waals surface area contributed by atoms with Gasteiger partial charge in [-0.3, -0.25) is 4.57 Å². The van der Waals surface area contributed by atoms with E-state index in [4.69, 9.17) is 23.4 Å². The molecule has 0 unspecified atom stereocenters. The minimum atomic E-state index is -0.867. The number of ether oxygens (including phenoxy) is 1. The van der Waals surface area contributed by atoms with Gasteiger partial charge >= 0.3 is 5.69 Å². The first-order chi connectivity index (χ1) is 8.02. The Kier molecular flexibility index (Phi) is 3.14. The second-order valence-corrected chi connectivity index (χ2v) is 3.71. The van der Waals surface area contributed by atoms with E-state index in [9.17, 15) is 9.90 Å². The summed E-state index contributed by atoms with van der Waals surface area (Å²) in [6.07, 6.45) is -2.28. The van der Waals surface area contributed by atoms with E-state index in [1.54, 1.807) is 0 Å². The summed E-state index contributed by atoms with van der Waals surface area (Å²) in [5, 5.41) is 18.5. The highest BCUT2D eigenvalue weighted by molar-refractivity contribution is 6.29. The number of hydrogen-bond acceptors (Lipinski definition) is 7. The SMILES string of the molecule is [B]c1nc(N)nc(=O)n1[C@H]1C[C@@H](O)[C@@H](CO)O1. The zero-order valence-corrected chi connectivity index (χ0v) is 8.85. The standard InChI is InChI=1S/C8H11BN4O4/c9-6-11-7(10)12-8(16)13(6)5-1-3(15)4(2-14)17-5/h3-5,14-15H,1-2H2,(H2,10,12,16)/t3-,4-,5-/m1/s1. The van der Waals surface area contributed by atoms with Crippen molar-refractivity contribution in [2.24, 2.45) is 0 Å². The van der Waals surface area contributed by atoms with Crippen LogP contribution in [0.2, 0.25) is 0 Å². The molecule has 0 amide bonds. The number of hydrogen-bond donors (Lipinski definition) is 3. The van der Waals surface area contributed by atoms with Gasteiger partial charge in [-0.25, -0.2) is 9.78 Å². The van der Waals surface area contributed by atoms with Crippen LogP contribution in [0.15, 0.2) is 4.79 Å². The highest BCUT2D eigenvalue weighted by atomic mass is 16.5. The van der Waals surface area contributed by atoms with Crippen LogP contribution in [0.1, 0.15) is 12.6 Å². The van der Waals surface area contributed by atoms with Crippen LogP contribution in [-0.4, -0.2) is 51.4 Å². The Morgan fingerprint density at radius 2 is 2.29 bits per heavy atom. The van der Waals surface area contributed by atoms with Crippen molar-refractivity contribution in [3.8, 4) is 0 Å². The summed E-state index contributed by atoms with van der Waals surface area (Å²) in [5.41, 5.74) is 4.42. The van der Waals surface area contributed by atoms with Gasteiger partial charge in [0.1, 0.15) is 12.3 Å². The quantitative estimate of drug-likeness (QED) is 0.460. The first kappa shape index (κ1) is 12.0. The van der Waals surface area contributed by atoms with Crippen molar-refractivity contribution >= 4 is 19.5 Å². The fourth-order valence-electron chi connectivity index (χ4n) is 1.75.